The lowest BCUT2D eigenvalue weighted by Crippen LogP contribution is -2.48. The van der Waals surface area contributed by atoms with Gasteiger partial charge >= 0.3 is 0 Å². The Balaban J connectivity index is 1.90. The van der Waals surface area contributed by atoms with E-state index < -0.39 is 0 Å². The molecule has 21 heavy (non-hydrogen) atoms. The van der Waals surface area contributed by atoms with E-state index in [-0.39, 0.29) is 0 Å². The Morgan fingerprint density at radius 1 is 1.05 bits per heavy atom. The van der Waals surface area contributed by atoms with Gasteiger partial charge in [-0.2, -0.15) is 0 Å². The minimum Gasteiger partial charge on any atom is -0.316 e. The highest BCUT2D eigenvalue weighted by atomic mass is 15.1. The van der Waals surface area contributed by atoms with Crippen molar-refractivity contribution in [3.63, 3.8) is 0 Å². The van der Waals surface area contributed by atoms with Crippen LogP contribution in [0.15, 0.2) is 0 Å². The van der Waals surface area contributed by atoms with Crippen LogP contribution in [-0.4, -0.2) is 37.6 Å². The smallest absolute Gasteiger partial charge is 0.00924 e. The summed E-state index contributed by atoms with van der Waals surface area (Å²) in [6, 6.07) is 0.862. The molecule has 2 aliphatic rings. The molecule has 1 N–H and O–H groups in total. The molecule has 2 fully saturated rings. The molecular formula is C19H38N2. The Bertz CT molecular complexity index is 275. The van der Waals surface area contributed by atoms with E-state index in [0.717, 1.165) is 12.0 Å². The Labute approximate surface area is 133 Å². The fraction of sp³-hybridized carbons (Fsp3) is 1.00. The maximum atomic E-state index is 3.74. The summed E-state index contributed by atoms with van der Waals surface area (Å²) >= 11 is 0. The van der Waals surface area contributed by atoms with Crippen molar-refractivity contribution in [3.8, 4) is 0 Å². The lowest BCUT2D eigenvalue weighted by molar-refractivity contribution is 0.0680. The maximum absolute atomic E-state index is 3.74. The lowest BCUT2D eigenvalue weighted by Gasteiger charge is -2.44. The van der Waals surface area contributed by atoms with E-state index in [9.17, 15) is 0 Å². The van der Waals surface area contributed by atoms with Gasteiger partial charge in [0, 0.05) is 19.1 Å². The zero-order valence-corrected chi connectivity index (χ0v) is 14.8. The van der Waals surface area contributed by atoms with Crippen LogP contribution in [0, 0.1) is 11.3 Å². The maximum Gasteiger partial charge on any atom is 0.00924 e. The SMILES string of the molecule is CCCNCC1(CN(C)C2CCCCC2)CCC(C)CC1. The average Bonchev–Trinajstić information content (AvgIpc) is 2.51. The van der Waals surface area contributed by atoms with Gasteiger partial charge < -0.3 is 10.2 Å². The van der Waals surface area contributed by atoms with Gasteiger partial charge in [-0.3, -0.25) is 0 Å². The Morgan fingerprint density at radius 2 is 1.71 bits per heavy atom. The zero-order valence-electron chi connectivity index (χ0n) is 14.8. The summed E-state index contributed by atoms with van der Waals surface area (Å²) in [4.78, 5) is 2.72. The summed E-state index contributed by atoms with van der Waals surface area (Å²) in [5, 5.41) is 3.74. The van der Waals surface area contributed by atoms with Gasteiger partial charge in [-0.25, -0.2) is 0 Å². The van der Waals surface area contributed by atoms with Crippen LogP contribution in [0.25, 0.3) is 0 Å². The van der Waals surface area contributed by atoms with Gasteiger partial charge in [0.05, 0.1) is 0 Å². The van der Waals surface area contributed by atoms with E-state index in [4.69, 9.17) is 0 Å². The zero-order chi connectivity index (χ0) is 15.1. The minimum absolute atomic E-state index is 0.549. The fourth-order valence-electron chi connectivity index (χ4n) is 4.48. The van der Waals surface area contributed by atoms with Crippen molar-refractivity contribution in [2.24, 2.45) is 11.3 Å². The molecule has 0 spiro atoms. The van der Waals surface area contributed by atoms with Crippen molar-refractivity contribution in [1.29, 1.82) is 0 Å². The first-order valence-corrected chi connectivity index (χ1v) is 9.56. The second-order valence-electron chi connectivity index (χ2n) is 8.07. The predicted octanol–water partition coefficient (Wildman–Crippen LogP) is 4.45. The summed E-state index contributed by atoms with van der Waals surface area (Å²) in [6.07, 6.45) is 14.2. The van der Waals surface area contributed by atoms with Gasteiger partial charge in [0.1, 0.15) is 0 Å². The van der Waals surface area contributed by atoms with Gasteiger partial charge in [-0.1, -0.05) is 46.0 Å². The highest BCUT2D eigenvalue weighted by Crippen LogP contribution is 2.40. The van der Waals surface area contributed by atoms with Crippen molar-refractivity contribution < 1.29 is 0 Å². The van der Waals surface area contributed by atoms with E-state index in [1.165, 1.54) is 83.8 Å². The first-order chi connectivity index (χ1) is 10.2. The van der Waals surface area contributed by atoms with E-state index in [0.29, 0.717) is 5.41 Å². The second kappa shape index (κ2) is 8.53. The van der Waals surface area contributed by atoms with Crippen LogP contribution >= 0.6 is 0 Å². The Kier molecular flexibility index (Phi) is 7.01. The van der Waals surface area contributed by atoms with Crippen molar-refractivity contribution in [2.75, 3.05) is 26.7 Å². The third-order valence-corrected chi connectivity index (χ3v) is 6.04. The molecule has 0 aliphatic heterocycles. The molecule has 2 saturated carbocycles. The molecule has 0 aromatic carbocycles. The van der Waals surface area contributed by atoms with E-state index in [1.54, 1.807) is 0 Å². The van der Waals surface area contributed by atoms with Crippen LogP contribution in [0.5, 0.6) is 0 Å². The summed E-state index contributed by atoms with van der Waals surface area (Å²) < 4.78 is 0. The van der Waals surface area contributed by atoms with Crippen LogP contribution in [0.1, 0.15) is 78.1 Å². The van der Waals surface area contributed by atoms with Gasteiger partial charge in [-0.05, 0) is 57.0 Å². The van der Waals surface area contributed by atoms with Gasteiger partial charge in [0.2, 0.25) is 0 Å². The Hall–Kier alpha value is -0.0800. The molecule has 0 atom stereocenters. The molecule has 0 heterocycles. The van der Waals surface area contributed by atoms with Crippen molar-refractivity contribution >= 4 is 0 Å². The van der Waals surface area contributed by atoms with E-state index >= 15 is 0 Å². The van der Waals surface area contributed by atoms with Crippen LogP contribution < -0.4 is 5.32 Å². The molecule has 0 saturated heterocycles. The summed E-state index contributed by atoms with van der Waals surface area (Å²) in [6.45, 7) is 8.46. The molecule has 0 aromatic heterocycles. The molecule has 0 amide bonds. The largest absolute Gasteiger partial charge is 0.316 e. The molecule has 124 valence electrons. The number of rotatable bonds is 7. The number of hydrogen-bond acceptors (Lipinski definition) is 2. The number of nitrogens with one attached hydrogen (secondary N) is 1. The van der Waals surface area contributed by atoms with Crippen LogP contribution in [0.2, 0.25) is 0 Å². The highest BCUT2D eigenvalue weighted by molar-refractivity contribution is 4.90. The van der Waals surface area contributed by atoms with Crippen LogP contribution in [-0.2, 0) is 0 Å². The van der Waals surface area contributed by atoms with Gasteiger partial charge in [0.25, 0.3) is 0 Å². The van der Waals surface area contributed by atoms with Crippen LogP contribution in [0.3, 0.4) is 0 Å². The van der Waals surface area contributed by atoms with Crippen molar-refractivity contribution in [3.05, 3.63) is 0 Å². The number of hydrogen-bond donors (Lipinski definition) is 1. The highest BCUT2D eigenvalue weighted by Gasteiger charge is 2.36. The normalized spacial score (nSPS) is 31.7. The first kappa shape index (κ1) is 17.3. The lowest BCUT2D eigenvalue weighted by atomic mass is 9.70. The topological polar surface area (TPSA) is 15.3 Å². The summed E-state index contributed by atoms with van der Waals surface area (Å²) in [5.41, 5.74) is 0.549. The fourth-order valence-corrected chi connectivity index (χ4v) is 4.48. The second-order valence-corrected chi connectivity index (χ2v) is 8.07. The molecule has 0 unspecified atom stereocenters. The third kappa shape index (κ3) is 5.25. The monoisotopic (exact) mass is 294 g/mol. The Morgan fingerprint density at radius 3 is 2.33 bits per heavy atom. The summed E-state index contributed by atoms with van der Waals surface area (Å²) in [5.74, 6) is 0.948. The van der Waals surface area contributed by atoms with E-state index in [2.05, 4.69) is 31.1 Å². The molecule has 2 aliphatic carbocycles. The van der Waals surface area contributed by atoms with Crippen molar-refractivity contribution in [1.82, 2.24) is 10.2 Å². The van der Waals surface area contributed by atoms with Gasteiger partial charge in [-0.15, -0.1) is 0 Å². The number of nitrogens with zero attached hydrogens (tertiary/aromatic N) is 1. The molecule has 0 bridgehead atoms. The molecule has 0 radical (unpaired) electrons. The third-order valence-electron chi connectivity index (χ3n) is 6.04. The summed E-state index contributed by atoms with van der Waals surface area (Å²) in [7, 11) is 2.40. The molecule has 2 rings (SSSR count). The predicted molar refractivity (Wildman–Crippen MR) is 92.7 cm³/mol. The average molecular weight is 295 g/mol. The molecule has 0 aromatic rings. The van der Waals surface area contributed by atoms with Gasteiger partial charge in [0.15, 0.2) is 0 Å². The van der Waals surface area contributed by atoms with E-state index in [1.807, 2.05) is 0 Å². The van der Waals surface area contributed by atoms with Crippen LogP contribution in [0.4, 0.5) is 0 Å². The first-order valence-electron chi connectivity index (χ1n) is 9.56. The van der Waals surface area contributed by atoms with Crippen molar-refractivity contribution in [2.45, 2.75) is 84.1 Å². The molecule has 2 heteroatoms. The molecule has 2 nitrogen and oxygen atoms in total. The molecular weight excluding hydrogens is 256 g/mol. The standard InChI is InChI=1S/C19H38N2/c1-4-14-20-15-19(12-10-17(2)11-13-19)16-21(3)18-8-6-5-7-9-18/h17-18,20H,4-16H2,1-3H3. The minimum atomic E-state index is 0.549. The quantitative estimate of drug-likeness (QED) is 0.698.